The van der Waals surface area contributed by atoms with Crippen molar-refractivity contribution in [3.05, 3.63) is 11.6 Å². The van der Waals surface area contributed by atoms with E-state index < -0.39 is 102 Å². The van der Waals surface area contributed by atoms with Crippen LogP contribution >= 0.6 is 0 Å². The van der Waals surface area contributed by atoms with Crippen molar-refractivity contribution in [2.75, 3.05) is 6.61 Å². The first-order valence-electron chi connectivity index (χ1n) is 20.8. The van der Waals surface area contributed by atoms with Gasteiger partial charge in [-0.15, -0.1) is 0 Å². The van der Waals surface area contributed by atoms with E-state index in [1.54, 1.807) is 6.92 Å². The molecule has 2 saturated heterocycles. The summed E-state index contributed by atoms with van der Waals surface area (Å²) in [5.74, 6) is -1.80. The molecule has 0 bridgehead atoms. The van der Waals surface area contributed by atoms with Crippen LogP contribution in [0.25, 0.3) is 0 Å². The average molecular weight is 795 g/mol. The molecule has 7 aliphatic rings. The molecule has 6 fully saturated rings. The van der Waals surface area contributed by atoms with Crippen molar-refractivity contribution in [2.45, 2.75) is 180 Å². The highest BCUT2D eigenvalue weighted by molar-refractivity contribution is 5.84. The molecule has 0 aromatic carbocycles. The number of hydrogen-bond donors (Lipinski definition) is 8. The number of aliphatic hydroxyl groups excluding tert-OH is 6. The molecule has 14 heteroatoms. The molecule has 318 valence electrons. The Morgan fingerprint density at radius 3 is 2.04 bits per heavy atom. The van der Waals surface area contributed by atoms with Gasteiger partial charge in [-0.05, 0) is 111 Å². The van der Waals surface area contributed by atoms with Crippen molar-refractivity contribution in [3.63, 3.8) is 0 Å². The predicted octanol–water partition coefficient (Wildman–Crippen LogP) is 2.97. The quantitative estimate of drug-likeness (QED) is 0.137. The van der Waals surface area contributed by atoms with Gasteiger partial charge in [0.25, 0.3) is 0 Å². The molecule has 4 saturated carbocycles. The first kappa shape index (κ1) is 42.4. The van der Waals surface area contributed by atoms with Gasteiger partial charge in [-0.1, -0.05) is 53.2 Å². The van der Waals surface area contributed by atoms with Crippen molar-refractivity contribution >= 4 is 11.9 Å². The number of carbonyl (C=O) groups is 2. The molecule has 8 N–H and O–H groups in total. The Morgan fingerprint density at radius 2 is 1.39 bits per heavy atom. The predicted molar refractivity (Wildman–Crippen MR) is 198 cm³/mol. The van der Waals surface area contributed by atoms with Crippen LogP contribution in [0.3, 0.4) is 0 Å². The monoisotopic (exact) mass is 794 g/mol. The lowest BCUT2D eigenvalue weighted by molar-refractivity contribution is -0.364. The molecular weight excluding hydrogens is 728 g/mol. The Labute approximate surface area is 329 Å². The number of carboxylic acids is 2. The highest BCUT2D eigenvalue weighted by atomic mass is 16.7. The summed E-state index contributed by atoms with van der Waals surface area (Å²) in [4.78, 5) is 27.0. The van der Waals surface area contributed by atoms with Gasteiger partial charge in [0.2, 0.25) is 0 Å². The second-order valence-electron chi connectivity index (χ2n) is 20.5. The molecule has 0 radical (unpaired) electrons. The number of fused-ring (bicyclic) bond motifs is 7. The minimum Gasteiger partial charge on any atom is -0.481 e. The summed E-state index contributed by atoms with van der Waals surface area (Å²) in [5.41, 5.74) is -2.64. The number of rotatable bonds is 7. The molecule has 0 spiro atoms. The Kier molecular flexibility index (Phi) is 10.8. The van der Waals surface area contributed by atoms with Crippen molar-refractivity contribution in [1.82, 2.24) is 0 Å². The lowest BCUT2D eigenvalue weighted by atomic mass is 9.33. The summed E-state index contributed by atoms with van der Waals surface area (Å²) < 4.78 is 24.0. The highest BCUT2D eigenvalue weighted by Gasteiger charge is 2.73. The molecule has 56 heavy (non-hydrogen) atoms. The molecule has 0 aromatic heterocycles. The third-order valence-electron chi connectivity index (χ3n) is 17.0. The molecule has 18 atom stereocenters. The Bertz CT molecular complexity index is 1560. The van der Waals surface area contributed by atoms with Crippen LogP contribution in [0.2, 0.25) is 0 Å². The Morgan fingerprint density at radius 1 is 0.750 bits per heavy atom. The van der Waals surface area contributed by atoms with Gasteiger partial charge in [-0.3, -0.25) is 9.59 Å². The molecule has 0 amide bonds. The second kappa shape index (κ2) is 14.2. The third kappa shape index (κ3) is 6.01. The standard InChI is InChI=1S/C42H66O14/c1-20-32(56-34-30(47)28(45)27(44)23(19-43)54-34)29(46)31(48)33(53-20)55-26-11-12-39(6)24(38(26,4)5)10-13-40(7)25(39)9-8-21-22-18-37(2,3)14-15-41(22,35(49)50)16-17-42(21,40)36(51)52/h8,20,22-34,43-48H,9-19H2,1-7H3,(H,49,50)(H,51,52)/t20-,22-,23-,24+,25+,26+,27-,28+,29-,30-,31+,32-,33+,34+,39-,40+,41-,42-/m0/s1. The van der Waals surface area contributed by atoms with Crippen LogP contribution in [0.5, 0.6) is 0 Å². The maximum Gasteiger partial charge on any atom is 0.314 e. The van der Waals surface area contributed by atoms with Gasteiger partial charge in [0, 0.05) is 0 Å². The number of allylic oxidation sites excluding steroid dienone is 1. The minimum absolute atomic E-state index is 0.0291. The van der Waals surface area contributed by atoms with Gasteiger partial charge in [0.1, 0.15) is 42.7 Å². The molecular formula is C42H66O14. The van der Waals surface area contributed by atoms with Crippen LogP contribution < -0.4 is 0 Å². The molecule has 2 aliphatic heterocycles. The maximum atomic E-state index is 13.9. The highest BCUT2D eigenvalue weighted by Crippen LogP contribution is 2.76. The van der Waals surface area contributed by atoms with E-state index in [1.807, 2.05) is 0 Å². The molecule has 7 rings (SSSR count). The van der Waals surface area contributed by atoms with Crippen molar-refractivity contribution in [2.24, 2.45) is 50.2 Å². The fourth-order valence-corrected chi connectivity index (χ4v) is 13.8. The van der Waals surface area contributed by atoms with Crippen LogP contribution in [0.4, 0.5) is 0 Å². The molecule has 2 heterocycles. The second-order valence-corrected chi connectivity index (χ2v) is 20.5. The van der Waals surface area contributed by atoms with Gasteiger partial charge in [-0.25, -0.2) is 0 Å². The fraction of sp³-hybridized carbons (Fsp3) is 0.905. The van der Waals surface area contributed by atoms with E-state index in [9.17, 15) is 50.4 Å². The Hall–Kier alpha value is -1.72. The normalized spacial score (nSPS) is 52.3. The number of hydrogen-bond acceptors (Lipinski definition) is 12. The smallest absolute Gasteiger partial charge is 0.314 e. The van der Waals surface area contributed by atoms with Crippen LogP contribution in [0.1, 0.15) is 113 Å². The van der Waals surface area contributed by atoms with E-state index in [2.05, 4.69) is 47.6 Å². The van der Waals surface area contributed by atoms with Gasteiger partial charge in [0.15, 0.2) is 12.6 Å². The van der Waals surface area contributed by atoms with Gasteiger partial charge in [0.05, 0.1) is 29.6 Å². The van der Waals surface area contributed by atoms with Crippen LogP contribution in [-0.4, -0.2) is 127 Å². The lowest BCUT2D eigenvalue weighted by Crippen LogP contribution is -2.68. The number of aliphatic carboxylic acids is 2. The van der Waals surface area contributed by atoms with Crippen LogP contribution in [0.15, 0.2) is 11.6 Å². The van der Waals surface area contributed by atoms with Crippen molar-refractivity contribution in [1.29, 1.82) is 0 Å². The first-order chi connectivity index (χ1) is 26.0. The zero-order valence-corrected chi connectivity index (χ0v) is 34.0. The van der Waals surface area contributed by atoms with E-state index >= 15 is 0 Å². The third-order valence-corrected chi connectivity index (χ3v) is 17.0. The fourth-order valence-electron chi connectivity index (χ4n) is 13.8. The SMILES string of the molecule is C[C@@H]1O[C@H](O[C@@H]2CC[C@@]3(C)[C@H](CC[C@]4(C)[C@@H]3CC=C3[C@@H]5CC(C)(C)CC[C@]5(C(=O)O)CC[C@@]34C(=O)O)C2(C)C)[C@H](O)[C@H](O)[C@H]1O[C@H]1O[C@@H](CO)[C@H](O)[C@@H](O)[C@@H]1O. The first-order valence-corrected chi connectivity index (χ1v) is 20.8. The van der Waals surface area contributed by atoms with Crippen LogP contribution in [-0.2, 0) is 28.5 Å². The summed E-state index contributed by atoms with van der Waals surface area (Å²) in [6.07, 6.45) is -6.14. The molecule has 14 nitrogen and oxygen atoms in total. The van der Waals surface area contributed by atoms with E-state index in [0.717, 1.165) is 24.8 Å². The summed E-state index contributed by atoms with van der Waals surface area (Å²) in [6.45, 7) is 14.1. The minimum atomic E-state index is -1.69. The van der Waals surface area contributed by atoms with Gasteiger partial charge >= 0.3 is 11.9 Å². The molecule has 0 unspecified atom stereocenters. The van der Waals surface area contributed by atoms with E-state index in [1.165, 1.54) is 0 Å². The van der Waals surface area contributed by atoms with E-state index in [-0.39, 0.29) is 34.7 Å². The number of aliphatic hydroxyl groups is 6. The van der Waals surface area contributed by atoms with Crippen LogP contribution in [0, 0.1) is 50.2 Å². The molecule has 0 aromatic rings. The summed E-state index contributed by atoms with van der Waals surface area (Å²) in [7, 11) is 0. The van der Waals surface area contributed by atoms with Gasteiger partial charge < -0.3 is 59.8 Å². The summed E-state index contributed by atoms with van der Waals surface area (Å²) in [6, 6.07) is 0. The van der Waals surface area contributed by atoms with Crippen molar-refractivity contribution in [3.8, 4) is 0 Å². The maximum absolute atomic E-state index is 13.9. The van der Waals surface area contributed by atoms with E-state index in [4.69, 9.17) is 18.9 Å². The summed E-state index contributed by atoms with van der Waals surface area (Å²) >= 11 is 0. The van der Waals surface area contributed by atoms with Crippen molar-refractivity contribution < 1.29 is 69.4 Å². The Balaban J connectivity index is 1.10. The van der Waals surface area contributed by atoms with E-state index in [0.29, 0.717) is 44.9 Å². The number of carboxylic acid groups (broad SMARTS) is 2. The summed E-state index contributed by atoms with van der Waals surface area (Å²) in [5, 5.41) is 85.2. The molecule has 5 aliphatic carbocycles. The lowest BCUT2D eigenvalue weighted by Gasteiger charge is -2.70. The topological polar surface area (TPSA) is 233 Å². The zero-order chi connectivity index (χ0) is 41.1. The number of ether oxygens (including phenoxy) is 4. The zero-order valence-electron chi connectivity index (χ0n) is 34.0. The van der Waals surface area contributed by atoms with Gasteiger partial charge in [-0.2, -0.15) is 0 Å². The average Bonchev–Trinajstić information content (AvgIpc) is 3.12. The largest absolute Gasteiger partial charge is 0.481 e.